The number of aryl methyl sites for hydroxylation is 3. The first kappa shape index (κ1) is 19.7. The van der Waals surface area contributed by atoms with Gasteiger partial charge < -0.3 is 19.4 Å². The average Bonchev–Trinajstić information content (AvgIpc) is 3.67. The summed E-state index contributed by atoms with van der Waals surface area (Å²) in [4.78, 5) is 29.6. The van der Waals surface area contributed by atoms with E-state index < -0.39 is 0 Å². The lowest BCUT2D eigenvalue weighted by Crippen LogP contribution is -2.36. The maximum absolute atomic E-state index is 13.3. The van der Waals surface area contributed by atoms with Gasteiger partial charge in [0.05, 0.1) is 23.3 Å². The van der Waals surface area contributed by atoms with Crippen LogP contribution in [-0.2, 0) is 24.8 Å². The number of aromatic nitrogens is 5. The molecular formula is C23H27N7OS. The lowest BCUT2D eigenvalue weighted by Gasteiger charge is -2.22. The molecule has 6 rings (SSSR count). The highest BCUT2D eigenvalue weighted by Crippen LogP contribution is 2.38. The van der Waals surface area contributed by atoms with Crippen LogP contribution in [0.4, 0.5) is 11.6 Å². The number of fused-ring (bicyclic) bond motifs is 3. The smallest absolute Gasteiger partial charge is 0.229 e. The quantitative estimate of drug-likeness (QED) is 0.458. The first-order valence-electron chi connectivity index (χ1n) is 11.4. The summed E-state index contributed by atoms with van der Waals surface area (Å²) >= 11 is 1.60. The number of hydrogen-bond donors (Lipinski definition) is 1. The third-order valence-electron chi connectivity index (χ3n) is 6.47. The molecule has 1 amide bonds. The Labute approximate surface area is 190 Å². The molecule has 0 saturated heterocycles. The summed E-state index contributed by atoms with van der Waals surface area (Å²) in [6, 6.07) is 3.07. The predicted molar refractivity (Wildman–Crippen MR) is 126 cm³/mol. The zero-order valence-electron chi connectivity index (χ0n) is 18.6. The highest BCUT2D eigenvalue weighted by molar-refractivity contribution is 7.09. The van der Waals surface area contributed by atoms with Gasteiger partial charge in [-0.05, 0) is 45.6 Å². The van der Waals surface area contributed by atoms with E-state index in [0.717, 1.165) is 70.8 Å². The fourth-order valence-corrected chi connectivity index (χ4v) is 5.30. The van der Waals surface area contributed by atoms with Crippen molar-refractivity contribution in [3.63, 3.8) is 0 Å². The second kappa shape index (κ2) is 7.30. The molecule has 4 aromatic rings. The van der Waals surface area contributed by atoms with Gasteiger partial charge in [-0.25, -0.2) is 15.0 Å². The Kier molecular flexibility index (Phi) is 4.50. The molecule has 0 radical (unpaired) electrons. The van der Waals surface area contributed by atoms with Gasteiger partial charge in [0.25, 0.3) is 0 Å². The van der Waals surface area contributed by atoms with E-state index in [0.29, 0.717) is 24.3 Å². The van der Waals surface area contributed by atoms with E-state index in [1.807, 2.05) is 30.2 Å². The molecule has 2 saturated carbocycles. The Morgan fingerprint density at radius 2 is 2.00 bits per heavy atom. The molecule has 166 valence electrons. The maximum atomic E-state index is 13.3. The number of rotatable bonds is 7. The van der Waals surface area contributed by atoms with Crippen LogP contribution in [0.1, 0.15) is 43.3 Å². The Bertz CT molecular complexity index is 1330. The highest BCUT2D eigenvalue weighted by Gasteiger charge is 2.42. The van der Waals surface area contributed by atoms with E-state index in [1.54, 1.807) is 11.3 Å². The van der Waals surface area contributed by atoms with Crippen molar-refractivity contribution >= 4 is 50.9 Å². The van der Waals surface area contributed by atoms with Gasteiger partial charge in [0.15, 0.2) is 5.82 Å². The molecule has 0 aliphatic heterocycles. The largest absolute Gasteiger partial charge is 0.336 e. The summed E-state index contributed by atoms with van der Waals surface area (Å²) in [5, 5.41) is 7.39. The van der Waals surface area contributed by atoms with Crippen LogP contribution < -0.4 is 5.32 Å². The second-order valence-electron chi connectivity index (χ2n) is 8.95. The Hall–Kier alpha value is -2.94. The van der Waals surface area contributed by atoms with E-state index in [2.05, 4.69) is 37.7 Å². The van der Waals surface area contributed by atoms with E-state index in [4.69, 9.17) is 4.98 Å². The molecule has 2 aliphatic rings. The van der Waals surface area contributed by atoms with Crippen LogP contribution in [0.5, 0.6) is 0 Å². The van der Waals surface area contributed by atoms with Crippen LogP contribution >= 0.6 is 11.3 Å². The van der Waals surface area contributed by atoms with Crippen LogP contribution in [0.3, 0.4) is 0 Å². The Balaban J connectivity index is 1.44. The van der Waals surface area contributed by atoms with Crippen molar-refractivity contribution in [2.24, 2.45) is 7.05 Å². The zero-order valence-corrected chi connectivity index (χ0v) is 19.4. The van der Waals surface area contributed by atoms with Gasteiger partial charge in [-0.15, -0.1) is 11.3 Å². The van der Waals surface area contributed by atoms with Gasteiger partial charge in [0.2, 0.25) is 5.91 Å². The van der Waals surface area contributed by atoms with Crippen molar-refractivity contribution in [2.45, 2.75) is 64.6 Å². The van der Waals surface area contributed by atoms with E-state index >= 15 is 0 Å². The summed E-state index contributed by atoms with van der Waals surface area (Å²) in [6.45, 7) is 4.85. The Morgan fingerprint density at radius 3 is 2.62 bits per heavy atom. The van der Waals surface area contributed by atoms with Gasteiger partial charge in [-0.3, -0.25) is 4.79 Å². The normalized spacial score (nSPS) is 16.2. The molecule has 4 heterocycles. The lowest BCUT2D eigenvalue weighted by atomic mass is 10.2. The van der Waals surface area contributed by atoms with Crippen LogP contribution in [0.25, 0.3) is 22.1 Å². The Morgan fingerprint density at radius 1 is 1.25 bits per heavy atom. The molecule has 0 atom stereocenters. The molecule has 2 aliphatic carbocycles. The first-order chi connectivity index (χ1) is 15.5. The second-order valence-corrected chi connectivity index (χ2v) is 10.0. The summed E-state index contributed by atoms with van der Waals surface area (Å²) in [5.41, 5.74) is 3.74. The minimum Gasteiger partial charge on any atom is -0.336 e. The molecule has 4 aromatic heterocycles. The number of anilines is 2. The summed E-state index contributed by atoms with van der Waals surface area (Å²) in [7, 11) is 2.00. The number of carbonyl (C=O) groups is 1. The number of pyridine rings is 1. The number of nitrogens with one attached hydrogen (secondary N) is 1. The van der Waals surface area contributed by atoms with Crippen LogP contribution in [-0.4, -0.2) is 47.0 Å². The summed E-state index contributed by atoms with van der Waals surface area (Å²) in [5.74, 6) is 1.73. The molecule has 9 heteroatoms. The number of hydrogen-bond acceptors (Lipinski definition) is 6. The number of amides is 1. The first-order valence-corrected chi connectivity index (χ1v) is 12.2. The molecule has 2 fully saturated rings. The SMILES string of the molecule is CCn1c(CC(=O)N(C2CC2)C2CC2)cc2c3c(ncn3C)c(Nc3csc(C)n3)nc21. The molecule has 0 bridgehead atoms. The number of carbonyl (C=O) groups excluding carboxylic acids is 1. The molecule has 0 spiro atoms. The maximum Gasteiger partial charge on any atom is 0.229 e. The summed E-state index contributed by atoms with van der Waals surface area (Å²) in [6.07, 6.45) is 6.86. The lowest BCUT2D eigenvalue weighted by molar-refractivity contribution is -0.131. The monoisotopic (exact) mass is 449 g/mol. The topological polar surface area (TPSA) is 80.9 Å². The van der Waals surface area contributed by atoms with Crippen LogP contribution in [0, 0.1) is 6.92 Å². The van der Waals surface area contributed by atoms with Gasteiger partial charge in [0.1, 0.15) is 17.0 Å². The molecular weight excluding hydrogens is 422 g/mol. The number of thiazole rings is 1. The third kappa shape index (κ3) is 3.26. The van der Waals surface area contributed by atoms with E-state index in [-0.39, 0.29) is 5.91 Å². The van der Waals surface area contributed by atoms with Crippen molar-refractivity contribution in [1.82, 2.24) is 29.0 Å². The van der Waals surface area contributed by atoms with Crippen molar-refractivity contribution in [3.05, 3.63) is 28.5 Å². The van der Waals surface area contributed by atoms with E-state index in [9.17, 15) is 4.79 Å². The fraction of sp³-hybridized carbons (Fsp3) is 0.478. The fourth-order valence-electron chi connectivity index (χ4n) is 4.75. The van der Waals surface area contributed by atoms with Crippen LogP contribution in [0.15, 0.2) is 17.8 Å². The third-order valence-corrected chi connectivity index (χ3v) is 7.24. The van der Waals surface area contributed by atoms with Gasteiger partial charge >= 0.3 is 0 Å². The highest BCUT2D eigenvalue weighted by atomic mass is 32.1. The zero-order chi connectivity index (χ0) is 22.0. The minimum absolute atomic E-state index is 0.255. The predicted octanol–water partition coefficient (Wildman–Crippen LogP) is 4.15. The molecule has 1 N–H and O–H groups in total. The van der Waals surface area contributed by atoms with Crippen molar-refractivity contribution < 1.29 is 4.79 Å². The van der Waals surface area contributed by atoms with Crippen molar-refractivity contribution in [3.8, 4) is 0 Å². The van der Waals surface area contributed by atoms with Gasteiger partial charge in [-0.1, -0.05) is 0 Å². The molecule has 8 nitrogen and oxygen atoms in total. The number of nitrogens with zero attached hydrogens (tertiary/aromatic N) is 6. The standard InChI is InChI=1S/C23H27N7OS/c1-4-29-16(10-19(31)30(14-5-6-14)15-7-8-15)9-17-21-20(24-12-28(21)3)22(27-23(17)29)26-18-11-32-13(2)25-18/h9,11-12,14-15H,4-8,10H2,1-3H3,(H,26,27). The average molecular weight is 450 g/mol. The van der Waals surface area contributed by atoms with Gasteiger partial charge in [0, 0.05) is 42.1 Å². The number of imidazole rings is 1. The molecule has 0 aromatic carbocycles. The summed E-state index contributed by atoms with van der Waals surface area (Å²) < 4.78 is 4.21. The molecule has 32 heavy (non-hydrogen) atoms. The molecule has 0 unspecified atom stereocenters. The minimum atomic E-state index is 0.255. The van der Waals surface area contributed by atoms with Gasteiger partial charge in [-0.2, -0.15) is 0 Å². The van der Waals surface area contributed by atoms with Crippen molar-refractivity contribution in [2.75, 3.05) is 5.32 Å². The van der Waals surface area contributed by atoms with Crippen molar-refractivity contribution in [1.29, 1.82) is 0 Å². The van der Waals surface area contributed by atoms with E-state index in [1.165, 1.54) is 0 Å². The van der Waals surface area contributed by atoms with Crippen LogP contribution in [0.2, 0.25) is 0 Å².